The van der Waals surface area contributed by atoms with E-state index in [1.54, 1.807) is 7.11 Å². The molecule has 2 aromatic rings. The number of carbonyl (C=O) groups is 1. The zero-order valence-electron chi connectivity index (χ0n) is 12.8. The lowest BCUT2D eigenvalue weighted by Crippen LogP contribution is -2.34. The number of ether oxygens (including phenoxy) is 1. The third-order valence-corrected chi connectivity index (χ3v) is 4.46. The van der Waals surface area contributed by atoms with Gasteiger partial charge in [-0.15, -0.1) is 0 Å². The molecule has 118 valence electrons. The van der Waals surface area contributed by atoms with Crippen molar-refractivity contribution in [3.8, 4) is 5.75 Å². The van der Waals surface area contributed by atoms with E-state index in [1.807, 2.05) is 24.4 Å². The Balaban J connectivity index is 2.02. The Bertz CT molecular complexity index is 657. The van der Waals surface area contributed by atoms with Gasteiger partial charge in [-0.25, -0.2) is 0 Å². The van der Waals surface area contributed by atoms with Gasteiger partial charge in [-0.2, -0.15) is 0 Å². The average molecular weight is 302 g/mol. The van der Waals surface area contributed by atoms with Gasteiger partial charge in [0, 0.05) is 22.7 Å². The SMILES string of the molecule is COc1ccc2[nH]cc(C(C(=O)O)N3CCCCCC3)c2c1. The molecule has 3 rings (SSSR count). The van der Waals surface area contributed by atoms with Crippen molar-refractivity contribution in [2.24, 2.45) is 0 Å². The Morgan fingerprint density at radius 2 is 2.00 bits per heavy atom. The number of carboxylic acids is 1. The second-order valence-electron chi connectivity index (χ2n) is 5.85. The van der Waals surface area contributed by atoms with Gasteiger partial charge in [0.15, 0.2) is 0 Å². The minimum absolute atomic E-state index is 0.598. The zero-order chi connectivity index (χ0) is 15.5. The van der Waals surface area contributed by atoms with Crippen LogP contribution in [0.25, 0.3) is 10.9 Å². The molecule has 1 aromatic carbocycles. The first-order valence-electron chi connectivity index (χ1n) is 7.82. The minimum atomic E-state index is -0.786. The molecule has 1 aliphatic heterocycles. The second-order valence-corrected chi connectivity index (χ2v) is 5.85. The highest BCUT2D eigenvalue weighted by molar-refractivity contribution is 5.90. The van der Waals surface area contributed by atoms with E-state index in [-0.39, 0.29) is 0 Å². The summed E-state index contributed by atoms with van der Waals surface area (Å²) in [5.74, 6) is -0.0426. The summed E-state index contributed by atoms with van der Waals surface area (Å²) in [5, 5.41) is 10.7. The molecule has 0 saturated carbocycles. The van der Waals surface area contributed by atoms with E-state index in [1.165, 1.54) is 12.8 Å². The van der Waals surface area contributed by atoms with Crippen LogP contribution < -0.4 is 4.74 Å². The molecule has 1 aromatic heterocycles. The Morgan fingerprint density at radius 3 is 2.64 bits per heavy atom. The molecule has 2 N–H and O–H groups in total. The lowest BCUT2D eigenvalue weighted by molar-refractivity contribution is -0.143. The number of carboxylic acid groups (broad SMARTS) is 1. The summed E-state index contributed by atoms with van der Waals surface area (Å²) in [6.07, 6.45) is 6.33. The van der Waals surface area contributed by atoms with Gasteiger partial charge in [0.25, 0.3) is 0 Å². The average Bonchev–Trinajstić information content (AvgIpc) is 2.74. The van der Waals surface area contributed by atoms with Crippen LogP contribution in [0.3, 0.4) is 0 Å². The quantitative estimate of drug-likeness (QED) is 0.910. The van der Waals surface area contributed by atoms with Crippen LogP contribution in [0.5, 0.6) is 5.75 Å². The van der Waals surface area contributed by atoms with Crippen LogP contribution in [-0.4, -0.2) is 41.2 Å². The number of aromatic nitrogens is 1. The molecule has 5 nitrogen and oxygen atoms in total. The van der Waals surface area contributed by atoms with Gasteiger partial charge in [-0.05, 0) is 44.1 Å². The van der Waals surface area contributed by atoms with Crippen molar-refractivity contribution in [2.45, 2.75) is 31.7 Å². The van der Waals surface area contributed by atoms with Gasteiger partial charge in [0.05, 0.1) is 7.11 Å². The number of fused-ring (bicyclic) bond motifs is 1. The standard InChI is InChI=1S/C17H22N2O3/c1-22-12-6-7-15-13(10-12)14(11-18-15)16(17(20)21)19-8-4-2-3-5-9-19/h6-7,10-11,16,18H,2-5,8-9H2,1H3,(H,20,21). The maximum absolute atomic E-state index is 11.9. The molecule has 22 heavy (non-hydrogen) atoms. The molecule has 0 amide bonds. The molecule has 1 fully saturated rings. The highest BCUT2D eigenvalue weighted by atomic mass is 16.5. The number of hydrogen-bond donors (Lipinski definition) is 2. The summed E-state index contributed by atoms with van der Waals surface area (Å²) in [4.78, 5) is 17.2. The predicted octanol–water partition coefficient (Wildman–Crippen LogP) is 3.18. The first kappa shape index (κ1) is 14.9. The number of H-pyrrole nitrogens is 1. The van der Waals surface area contributed by atoms with Gasteiger partial charge in [0.2, 0.25) is 0 Å². The maximum Gasteiger partial charge on any atom is 0.325 e. The third kappa shape index (κ3) is 2.81. The molecule has 1 unspecified atom stereocenters. The van der Waals surface area contributed by atoms with Crippen LogP contribution in [0.2, 0.25) is 0 Å². The van der Waals surface area contributed by atoms with Gasteiger partial charge >= 0.3 is 5.97 Å². The van der Waals surface area contributed by atoms with Gasteiger partial charge in [0.1, 0.15) is 11.8 Å². The minimum Gasteiger partial charge on any atom is -0.497 e. The number of benzene rings is 1. The van der Waals surface area contributed by atoms with E-state index in [2.05, 4.69) is 9.88 Å². The summed E-state index contributed by atoms with van der Waals surface area (Å²) in [6.45, 7) is 1.68. The fourth-order valence-electron chi connectivity index (χ4n) is 3.31. The first-order chi connectivity index (χ1) is 10.7. The zero-order valence-corrected chi connectivity index (χ0v) is 12.8. The molecule has 2 heterocycles. The number of aromatic amines is 1. The van der Waals surface area contributed by atoms with Crippen molar-refractivity contribution in [2.75, 3.05) is 20.2 Å². The first-order valence-corrected chi connectivity index (χ1v) is 7.82. The van der Waals surface area contributed by atoms with Crippen LogP contribution in [0.15, 0.2) is 24.4 Å². The fourth-order valence-corrected chi connectivity index (χ4v) is 3.31. The number of rotatable bonds is 4. The normalized spacial score (nSPS) is 18.0. The van der Waals surface area contributed by atoms with Crippen LogP contribution in [0.1, 0.15) is 37.3 Å². The van der Waals surface area contributed by atoms with E-state index >= 15 is 0 Å². The van der Waals surface area contributed by atoms with E-state index in [4.69, 9.17) is 4.74 Å². The highest BCUT2D eigenvalue weighted by Gasteiger charge is 2.30. The number of nitrogens with one attached hydrogen (secondary N) is 1. The molecule has 1 aliphatic rings. The topological polar surface area (TPSA) is 65.6 Å². The number of nitrogens with zero attached hydrogens (tertiary/aromatic N) is 1. The van der Waals surface area contributed by atoms with Crippen LogP contribution in [0.4, 0.5) is 0 Å². The molecule has 5 heteroatoms. The maximum atomic E-state index is 11.9. The molecule has 0 aliphatic carbocycles. The van der Waals surface area contributed by atoms with Crippen molar-refractivity contribution in [1.82, 2.24) is 9.88 Å². The van der Waals surface area contributed by atoms with E-state index in [9.17, 15) is 9.90 Å². The number of hydrogen-bond acceptors (Lipinski definition) is 3. The Morgan fingerprint density at radius 1 is 1.27 bits per heavy atom. The van der Waals surface area contributed by atoms with Gasteiger partial charge < -0.3 is 14.8 Å². The van der Waals surface area contributed by atoms with E-state index in [0.29, 0.717) is 0 Å². The summed E-state index contributed by atoms with van der Waals surface area (Å²) < 4.78 is 5.28. The number of likely N-dealkylation sites (tertiary alicyclic amines) is 1. The molecule has 0 spiro atoms. The fraction of sp³-hybridized carbons (Fsp3) is 0.471. The van der Waals surface area contributed by atoms with E-state index < -0.39 is 12.0 Å². The smallest absolute Gasteiger partial charge is 0.325 e. The summed E-state index contributed by atoms with van der Waals surface area (Å²) in [6, 6.07) is 5.12. The molecule has 0 radical (unpaired) electrons. The van der Waals surface area contributed by atoms with Crippen LogP contribution in [-0.2, 0) is 4.79 Å². The lowest BCUT2D eigenvalue weighted by Gasteiger charge is -2.27. The van der Waals surface area contributed by atoms with Gasteiger partial charge in [-0.1, -0.05) is 12.8 Å². The Hall–Kier alpha value is -2.01. The third-order valence-electron chi connectivity index (χ3n) is 4.46. The van der Waals surface area contributed by atoms with Gasteiger partial charge in [-0.3, -0.25) is 9.69 Å². The monoisotopic (exact) mass is 302 g/mol. The Labute approximate surface area is 129 Å². The van der Waals surface area contributed by atoms with Crippen LogP contribution >= 0.6 is 0 Å². The molecule has 1 saturated heterocycles. The predicted molar refractivity (Wildman–Crippen MR) is 85.3 cm³/mol. The lowest BCUT2D eigenvalue weighted by atomic mass is 10.0. The summed E-state index contributed by atoms with van der Waals surface area (Å²) in [5.41, 5.74) is 1.76. The molecule has 1 atom stereocenters. The van der Waals surface area contributed by atoms with Crippen molar-refractivity contribution in [3.63, 3.8) is 0 Å². The summed E-state index contributed by atoms with van der Waals surface area (Å²) >= 11 is 0. The van der Waals surface area contributed by atoms with E-state index in [0.717, 1.165) is 48.1 Å². The number of methoxy groups -OCH3 is 1. The molecular formula is C17H22N2O3. The second kappa shape index (κ2) is 6.40. The number of aliphatic carboxylic acids is 1. The highest BCUT2D eigenvalue weighted by Crippen LogP contribution is 2.32. The molecule has 0 bridgehead atoms. The van der Waals surface area contributed by atoms with Crippen molar-refractivity contribution in [1.29, 1.82) is 0 Å². The Kier molecular flexibility index (Phi) is 4.34. The van der Waals surface area contributed by atoms with Crippen molar-refractivity contribution < 1.29 is 14.6 Å². The largest absolute Gasteiger partial charge is 0.497 e. The van der Waals surface area contributed by atoms with Crippen LogP contribution in [0, 0.1) is 0 Å². The van der Waals surface area contributed by atoms with Crippen molar-refractivity contribution in [3.05, 3.63) is 30.0 Å². The summed E-state index contributed by atoms with van der Waals surface area (Å²) in [7, 11) is 1.62. The van der Waals surface area contributed by atoms with Crippen molar-refractivity contribution >= 4 is 16.9 Å². The molecular weight excluding hydrogens is 280 g/mol.